The molecule has 0 spiro atoms. The number of nitrogens with one attached hydrogen (secondary N) is 2. The summed E-state index contributed by atoms with van der Waals surface area (Å²) in [7, 11) is 0. The van der Waals surface area contributed by atoms with Gasteiger partial charge in [0.2, 0.25) is 0 Å². The summed E-state index contributed by atoms with van der Waals surface area (Å²) in [4.78, 5) is 12.2. The first-order valence-electron chi connectivity index (χ1n) is 8.66. The molecule has 0 radical (unpaired) electrons. The molecule has 0 saturated carbocycles. The molecule has 0 aliphatic rings. The molecule has 3 aromatic rings. The summed E-state index contributed by atoms with van der Waals surface area (Å²) >= 11 is 0. The van der Waals surface area contributed by atoms with Crippen LogP contribution in [-0.4, -0.2) is 5.91 Å². The maximum absolute atomic E-state index is 13.3. The maximum atomic E-state index is 13.3. The van der Waals surface area contributed by atoms with Gasteiger partial charge in [-0.15, -0.1) is 0 Å². The zero-order valence-corrected chi connectivity index (χ0v) is 14.9. The Bertz CT molecular complexity index is 911. The van der Waals surface area contributed by atoms with Crippen LogP contribution in [0.4, 0.5) is 14.5 Å². The van der Waals surface area contributed by atoms with E-state index in [2.05, 4.69) is 10.6 Å². The molecule has 5 heteroatoms. The van der Waals surface area contributed by atoms with Gasteiger partial charge in [-0.25, -0.2) is 8.78 Å². The minimum absolute atomic E-state index is 0.138. The zero-order valence-electron chi connectivity index (χ0n) is 14.9. The number of halogens is 2. The molecule has 0 aromatic heterocycles. The Labute approximate surface area is 157 Å². The predicted octanol–water partition coefficient (Wildman–Crippen LogP) is 5.07. The second-order valence-electron chi connectivity index (χ2n) is 6.29. The van der Waals surface area contributed by atoms with Gasteiger partial charge in [-0.1, -0.05) is 36.4 Å². The lowest BCUT2D eigenvalue weighted by Gasteiger charge is -2.15. The molecule has 138 valence electrons. The highest BCUT2D eigenvalue weighted by Gasteiger charge is 2.10. The lowest BCUT2D eigenvalue weighted by Crippen LogP contribution is -2.18. The molecule has 3 rings (SSSR count). The normalized spacial score (nSPS) is 11.8. The van der Waals surface area contributed by atoms with Crippen molar-refractivity contribution in [2.24, 2.45) is 0 Å². The van der Waals surface area contributed by atoms with E-state index in [0.29, 0.717) is 17.7 Å². The Hall–Kier alpha value is -3.05. The molecule has 1 atom stereocenters. The highest BCUT2D eigenvalue weighted by Crippen LogP contribution is 2.17. The highest BCUT2D eigenvalue weighted by atomic mass is 19.2. The average molecular weight is 366 g/mol. The van der Waals surface area contributed by atoms with Crippen LogP contribution in [0.25, 0.3) is 0 Å². The quantitative estimate of drug-likeness (QED) is 0.640. The molecule has 27 heavy (non-hydrogen) atoms. The van der Waals surface area contributed by atoms with Gasteiger partial charge in [-0.05, 0) is 54.4 Å². The van der Waals surface area contributed by atoms with Crippen LogP contribution in [0.2, 0.25) is 0 Å². The van der Waals surface area contributed by atoms with Crippen LogP contribution >= 0.6 is 0 Å². The number of rotatable bonds is 6. The first kappa shape index (κ1) is 18.7. The van der Waals surface area contributed by atoms with E-state index in [1.165, 1.54) is 6.07 Å². The molecule has 3 aromatic carbocycles. The minimum Gasteiger partial charge on any atom is -0.322 e. The summed E-state index contributed by atoms with van der Waals surface area (Å²) < 4.78 is 26.4. The number of hydrogen-bond donors (Lipinski definition) is 2. The summed E-state index contributed by atoms with van der Waals surface area (Å²) in [6.45, 7) is 2.43. The predicted molar refractivity (Wildman–Crippen MR) is 102 cm³/mol. The van der Waals surface area contributed by atoms with Crippen LogP contribution in [0.1, 0.15) is 34.5 Å². The number of carbonyl (C=O) groups excluding carboxylic acids is 1. The van der Waals surface area contributed by atoms with Crippen LogP contribution in [0.3, 0.4) is 0 Å². The fraction of sp³-hybridized carbons (Fsp3) is 0.136. The second kappa shape index (κ2) is 8.56. The summed E-state index contributed by atoms with van der Waals surface area (Å²) in [6, 6.07) is 20.3. The summed E-state index contributed by atoms with van der Waals surface area (Å²) in [5, 5.41) is 6.10. The van der Waals surface area contributed by atoms with Gasteiger partial charge in [0.1, 0.15) is 0 Å². The lowest BCUT2D eigenvalue weighted by atomic mass is 10.1. The summed E-state index contributed by atoms with van der Waals surface area (Å²) in [6.07, 6.45) is 0. The number of benzene rings is 3. The van der Waals surface area contributed by atoms with Gasteiger partial charge >= 0.3 is 0 Å². The first-order valence-corrected chi connectivity index (χ1v) is 8.66. The van der Waals surface area contributed by atoms with Gasteiger partial charge in [0.15, 0.2) is 11.6 Å². The molecule has 0 heterocycles. The van der Waals surface area contributed by atoms with Crippen molar-refractivity contribution in [3.8, 4) is 0 Å². The Kier molecular flexibility index (Phi) is 5.94. The molecule has 3 nitrogen and oxygen atoms in total. The molecule has 0 aliphatic carbocycles. The van der Waals surface area contributed by atoms with Crippen molar-refractivity contribution < 1.29 is 13.6 Å². The molecule has 0 bridgehead atoms. The molecule has 0 fully saturated rings. The molecule has 0 unspecified atom stereocenters. The van der Waals surface area contributed by atoms with Crippen molar-refractivity contribution >= 4 is 11.6 Å². The van der Waals surface area contributed by atoms with Crippen LogP contribution in [-0.2, 0) is 6.54 Å². The Morgan fingerprint density at radius 1 is 0.926 bits per heavy atom. The summed E-state index contributed by atoms with van der Waals surface area (Å²) in [5.74, 6) is -1.87. The van der Waals surface area contributed by atoms with E-state index in [4.69, 9.17) is 0 Å². The topological polar surface area (TPSA) is 41.1 Å². The van der Waals surface area contributed by atoms with Crippen molar-refractivity contribution in [1.82, 2.24) is 5.32 Å². The van der Waals surface area contributed by atoms with Crippen molar-refractivity contribution in [1.29, 1.82) is 0 Å². The number of hydrogen-bond acceptors (Lipinski definition) is 2. The molecule has 0 aliphatic heterocycles. The first-order chi connectivity index (χ1) is 13.0. The third kappa shape index (κ3) is 4.99. The van der Waals surface area contributed by atoms with Crippen LogP contribution in [0.15, 0.2) is 72.8 Å². The van der Waals surface area contributed by atoms with Gasteiger partial charge in [0.25, 0.3) is 5.91 Å². The van der Waals surface area contributed by atoms with E-state index in [9.17, 15) is 13.6 Å². The number of carbonyl (C=O) groups is 1. The lowest BCUT2D eigenvalue weighted by molar-refractivity contribution is 0.102. The SMILES string of the molecule is C[C@@H](NCc1ccc(C(=O)Nc2ccccc2)cc1)c1ccc(F)c(F)c1. The van der Waals surface area contributed by atoms with E-state index in [1.54, 1.807) is 18.2 Å². The third-order valence-electron chi connectivity index (χ3n) is 4.30. The Morgan fingerprint density at radius 3 is 2.30 bits per heavy atom. The minimum atomic E-state index is -0.852. The Balaban J connectivity index is 1.57. The molecular formula is C22H20F2N2O. The second-order valence-corrected chi connectivity index (χ2v) is 6.29. The van der Waals surface area contributed by atoms with Crippen molar-refractivity contribution in [2.45, 2.75) is 19.5 Å². The van der Waals surface area contributed by atoms with Gasteiger partial charge in [0, 0.05) is 23.8 Å². The van der Waals surface area contributed by atoms with Gasteiger partial charge in [0.05, 0.1) is 0 Å². The largest absolute Gasteiger partial charge is 0.322 e. The van der Waals surface area contributed by atoms with Crippen molar-refractivity contribution in [3.63, 3.8) is 0 Å². The van der Waals surface area contributed by atoms with E-state index in [1.807, 2.05) is 49.4 Å². The zero-order chi connectivity index (χ0) is 19.2. The van der Waals surface area contributed by atoms with Crippen molar-refractivity contribution in [3.05, 3.63) is 101 Å². The molecular weight excluding hydrogens is 346 g/mol. The number of anilines is 1. The van der Waals surface area contributed by atoms with Gasteiger partial charge in [-0.2, -0.15) is 0 Å². The maximum Gasteiger partial charge on any atom is 0.255 e. The van der Waals surface area contributed by atoms with Crippen LogP contribution in [0, 0.1) is 11.6 Å². The van der Waals surface area contributed by atoms with E-state index >= 15 is 0 Å². The smallest absolute Gasteiger partial charge is 0.255 e. The highest BCUT2D eigenvalue weighted by molar-refractivity contribution is 6.04. The van der Waals surface area contributed by atoms with Crippen molar-refractivity contribution in [2.75, 3.05) is 5.32 Å². The monoisotopic (exact) mass is 366 g/mol. The van der Waals surface area contributed by atoms with Gasteiger partial charge < -0.3 is 10.6 Å². The number of amides is 1. The van der Waals surface area contributed by atoms with E-state index in [0.717, 1.165) is 17.3 Å². The molecule has 1 amide bonds. The fourth-order valence-electron chi connectivity index (χ4n) is 2.67. The summed E-state index contributed by atoms with van der Waals surface area (Å²) in [5.41, 5.74) is 2.97. The van der Waals surface area contributed by atoms with Crippen LogP contribution < -0.4 is 10.6 Å². The van der Waals surface area contributed by atoms with E-state index in [-0.39, 0.29) is 11.9 Å². The molecule has 0 saturated heterocycles. The van der Waals surface area contributed by atoms with E-state index < -0.39 is 11.6 Å². The number of para-hydroxylation sites is 1. The van der Waals surface area contributed by atoms with Crippen LogP contribution in [0.5, 0.6) is 0 Å². The third-order valence-corrected chi connectivity index (χ3v) is 4.30. The average Bonchev–Trinajstić information content (AvgIpc) is 2.69. The standard InChI is InChI=1S/C22H20F2N2O/c1-15(18-11-12-20(23)21(24)13-18)25-14-16-7-9-17(10-8-16)22(27)26-19-5-3-2-4-6-19/h2-13,15,25H,14H2,1H3,(H,26,27)/t15-/m1/s1. The fourth-order valence-corrected chi connectivity index (χ4v) is 2.67. The van der Waals surface area contributed by atoms with Gasteiger partial charge in [-0.3, -0.25) is 4.79 Å². The molecule has 2 N–H and O–H groups in total. The Morgan fingerprint density at radius 2 is 1.63 bits per heavy atom.